The van der Waals surface area contributed by atoms with E-state index in [1.54, 1.807) is 24.3 Å². The van der Waals surface area contributed by atoms with Gasteiger partial charge in [0.1, 0.15) is 30.9 Å². The summed E-state index contributed by atoms with van der Waals surface area (Å²) in [6.07, 6.45) is 0. The Kier molecular flexibility index (Phi) is 4.81. The second kappa shape index (κ2) is 6.93. The van der Waals surface area contributed by atoms with Crippen molar-refractivity contribution >= 4 is 17.2 Å². The van der Waals surface area contributed by atoms with E-state index < -0.39 is 23.9 Å². The zero-order chi connectivity index (χ0) is 19.7. The minimum Gasteiger partial charge on any atom is -0.385 e. The summed E-state index contributed by atoms with van der Waals surface area (Å²) in [4.78, 5) is 3.87. The van der Waals surface area contributed by atoms with Crippen LogP contribution < -0.4 is 11.1 Å². The molecule has 3 rings (SSSR count). The summed E-state index contributed by atoms with van der Waals surface area (Å²) < 4.78 is 48.8. The van der Waals surface area contributed by atoms with Crippen molar-refractivity contribution in [2.75, 3.05) is 18.5 Å². The van der Waals surface area contributed by atoms with Gasteiger partial charge in [0.25, 0.3) is 5.92 Å². The van der Waals surface area contributed by atoms with Crippen molar-refractivity contribution in [3.8, 4) is 6.07 Å². The van der Waals surface area contributed by atoms with Crippen molar-refractivity contribution in [2.24, 2.45) is 10.7 Å². The van der Waals surface area contributed by atoms with E-state index in [-0.39, 0.29) is 18.0 Å². The summed E-state index contributed by atoms with van der Waals surface area (Å²) in [7, 11) is 0. The summed E-state index contributed by atoms with van der Waals surface area (Å²) in [5, 5.41) is 12.1. The largest absolute Gasteiger partial charge is 0.385 e. The highest BCUT2D eigenvalue weighted by Gasteiger charge is 2.54. The molecule has 0 unspecified atom stereocenters. The summed E-state index contributed by atoms with van der Waals surface area (Å²) in [5.41, 5.74) is 4.26. The number of benzene rings is 2. The average molecular weight is 374 g/mol. The summed E-state index contributed by atoms with van der Waals surface area (Å²) >= 11 is 0. The smallest absolute Gasteiger partial charge is 0.299 e. The Bertz CT molecular complexity index is 939. The number of rotatable bonds is 3. The summed E-state index contributed by atoms with van der Waals surface area (Å²) in [6, 6.07) is 12.4. The quantitative estimate of drug-likeness (QED) is 0.859. The highest BCUT2D eigenvalue weighted by Crippen LogP contribution is 2.44. The van der Waals surface area contributed by atoms with Crippen LogP contribution in [-0.2, 0) is 10.3 Å². The molecule has 2 aromatic carbocycles. The lowest BCUT2D eigenvalue weighted by atomic mass is 9.85. The molecule has 0 spiro atoms. The Morgan fingerprint density at radius 3 is 2.74 bits per heavy atom. The molecule has 27 heavy (non-hydrogen) atoms. The number of anilines is 2. The minimum atomic E-state index is -3.47. The molecule has 1 atom stereocenters. The SMILES string of the molecule is C[C@]1(c2cc(Nc3ccccc3C#N)ccc2F)N=C(N)COCC1(F)F. The van der Waals surface area contributed by atoms with Crippen LogP contribution in [0.5, 0.6) is 0 Å². The third-order valence-electron chi connectivity index (χ3n) is 4.43. The predicted octanol–water partition coefficient (Wildman–Crippen LogP) is 3.68. The van der Waals surface area contributed by atoms with E-state index in [2.05, 4.69) is 10.3 Å². The highest BCUT2D eigenvalue weighted by molar-refractivity contribution is 5.82. The van der Waals surface area contributed by atoms with Gasteiger partial charge >= 0.3 is 0 Å². The number of nitrogens with one attached hydrogen (secondary N) is 1. The van der Waals surface area contributed by atoms with Gasteiger partial charge in [-0.15, -0.1) is 0 Å². The monoisotopic (exact) mass is 374 g/mol. The van der Waals surface area contributed by atoms with E-state index in [0.717, 1.165) is 13.0 Å². The van der Waals surface area contributed by atoms with E-state index >= 15 is 0 Å². The van der Waals surface area contributed by atoms with Crippen molar-refractivity contribution in [1.82, 2.24) is 0 Å². The van der Waals surface area contributed by atoms with Crippen molar-refractivity contribution in [1.29, 1.82) is 5.26 Å². The maximum atomic E-state index is 14.7. The van der Waals surface area contributed by atoms with Crippen LogP contribution in [-0.4, -0.2) is 25.0 Å². The molecule has 8 heteroatoms. The van der Waals surface area contributed by atoms with Crippen LogP contribution >= 0.6 is 0 Å². The Hall–Kier alpha value is -3.05. The molecule has 0 bridgehead atoms. The topological polar surface area (TPSA) is 83.4 Å². The maximum absolute atomic E-state index is 14.7. The van der Waals surface area contributed by atoms with E-state index in [0.29, 0.717) is 16.9 Å². The molecule has 0 radical (unpaired) electrons. The molecule has 3 N–H and O–H groups in total. The van der Waals surface area contributed by atoms with Crippen LogP contribution in [0.15, 0.2) is 47.5 Å². The number of nitrogens with two attached hydrogens (primary N) is 1. The van der Waals surface area contributed by atoms with Gasteiger partial charge in [-0.25, -0.2) is 13.2 Å². The molecule has 1 aliphatic heterocycles. The fourth-order valence-electron chi connectivity index (χ4n) is 2.90. The maximum Gasteiger partial charge on any atom is 0.299 e. The van der Waals surface area contributed by atoms with E-state index in [1.807, 2.05) is 6.07 Å². The lowest BCUT2D eigenvalue weighted by Gasteiger charge is -2.33. The zero-order valence-electron chi connectivity index (χ0n) is 14.5. The van der Waals surface area contributed by atoms with Crippen LogP contribution in [0.25, 0.3) is 0 Å². The first-order valence-corrected chi connectivity index (χ1v) is 8.13. The second-order valence-corrected chi connectivity index (χ2v) is 6.35. The summed E-state index contributed by atoms with van der Waals surface area (Å²) in [6.45, 7) is -0.0533. The molecule has 140 valence electrons. The Labute approximate surface area is 154 Å². The van der Waals surface area contributed by atoms with Gasteiger partial charge in [0, 0.05) is 11.3 Å². The van der Waals surface area contributed by atoms with Crippen molar-refractivity contribution in [3.05, 3.63) is 59.4 Å². The minimum absolute atomic E-state index is 0.137. The number of hydrogen-bond acceptors (Lipinski definition) is 5. The molecule has 0 aromatic heterocycles. The summed E-state index contributed by atoms with van der Waals surface area (Å²) in [5.74, 6) is -4.45. The lowest BCUT2D eigenvalue weighted by Crippen LogP contribution is -2.45. The number of para-hydroxylation sites is 1. The number of ether oxygens (including phenoxy) is 1. The Morgan fingerprint density at radius 2 is 2.00 bits per heavy atom. The molecule has 0 fully saturated rings. The van der Waals surface area contributed by atoms with Crippen molar-refractivity contribution in [3.63, 3.8) is 0 Å². The molecule has 2 aromatic rings. The fraction of sp³-hybridized carbons (Fsp3) is 0.263. The highest BCUT2D eigenvalue weighted by atomic mass is 19.3. The standard InChI is InChI=1S/C19H17F3N4O/c1-18(19(21,22)11-27-10-17(24)26-18)14-8-13(6-7-15(14)20)25-16-5-3-2-4-12(16)9-23/h2-8,25H,10-11H2,1H3,(H2,24,26)/t18-/m1/s1. The second-order valence-electron chi connectivity index (χ2n) is 6.35. The zero-order valence-corrected chi connectivity index (χ0v) is 14.5. The van der Waals surface area contributed by atoms with E-state index in [9.17, 15) is 18.4 Å². The van der Waals surface area contributed by atoms with Gasteiger partial charge in [-0.05, 0) is 37.3 Å². The van der Waals surface area contributed by atoms with Gasteiger partial charge in [0.15, 0.2) is 5.54 Å². The molecule has 0 amide bonds. The van der Waals surface area contributed by atoms with Crippen LogP contribution in [0.2, 0.25) is 0 Å². The molecular formula is C19H17F3N4O. The number of halogens is 3. The number of amidine groups is 1. The van der Waals surface area contributed by atoms with Crippen LogP contribution in [0, 0.1) is 17.1 Å². The molecule has 1 aliphatic rings. The molecule has 1 heterocycles. The number of nitriles is 1. The lowest BCUT2D eigenvalue weighted by molar-refractivity contribution is -0.116. The van der Waals surface area contributed by atoms with E-state index in [1.165, 1.54) is 12.1 Å². The number of nitrogens with zero attached hydrogens (tertiary/aromatic N) is 2. The van der Waals surface area contributed by atoms with Gasteiger partial charge < -0.3 is 15.8 Å². The molecule has 0 aliphatic carbocycles. The Morgan fingerprint density at radius 1 is 1.26 bits per heavy atom. The van der Waals surface area contributed by atoms with Crippen molar-refractivity contribution < 1.29 is 17.9 Å². The van der Waals surface area contributed by atoms with Gasteiger partial charge in [-0.1, -0.05) is 12.1 Å². The first-order valence-electron chi connectivity index (χ1n) is 8.13. The first-order chi connectivity index (χ1) is 12.8. The van der Waals surface area contributed by atoms with Gasteiger partial charge in [-0.3, -0.25) is 4.99 Å². The Balaban J connectivity index is 2.08. The predicted molar refractivity (Wildman–Crippen MR) is 95.6 cm³/mol. The van der Waals surface area contributed by atoms with Crippen LogP contribution in [0.1, 0.15) is 18.1 Å². The molecule has 0 saturated carbocycles. The molecule has 0 saturated heterocycles. The number of hydrogen-bond donors (Lipinski definition) is 2. The molecule has 5 nitrogen and oxygen atoms in total. The van der Waals surface area contributed by atoms with Gasteiger partial charge in [0.05, 0.1) is 11.3 Å². The first kappa shape index (κ1) is 18.7. The van der Waals surface area contributed by atoms with Crippen LogP contribution in [0.4, 0.5) is 24.5 Å². The number of aliphatic imine (C=N–C) groups is 1. The van der Waals surface area contributed by atoms with Crippen molar-refractivity contribution in [2.45, 2.75) is 18.4 Å². The van der Waals surface area contributed by atoms with Crippen LogP contribution in [0.3, 0.4) is 0 Å². The third kappa shape index (κ3) is 3.46. The molecular weight excluding hydrogens is 357 g/mol. The van der Waals surface area contributed by atoms with Gasteiger partial charge in [-0.2, -0.15) is 5.26 Å². The number of alkyl halides is 2. The normalized spacial score (nSPS) is 21.7. The third-order valence-corrected chi connectivity index (χ3v) is 4.43. The fourth-order valence-corrected chi connectivity index (χ4v) is 2.90. The van der Waals surface area contributed by atoms with Gasteiger partial charge in [0.2, 0.25) is 0 Å². The van der Waals surface area contributed by atoms with E-state index in [4.69, 9.17) is 10.5 Å². The average Bonchev–Trinajstić information content (AvgIpc) is 2.73.